The Morgan fingerprint density at radius 3 is 1.25 bits per heavy atom. The number of nitrogens with two attached hydrogens (primary N) is 1. The molecule has 0 spiro atoms. The molecule has 0 radical (unpaired) electrons. The molecule has 0 rings (SSSR count). The van der Waals surface area contributed by atoms with Gasteiger partial charge in [-0.05, 0) is 5.41 Å². The Hall–Kier alpha value is 0.190. The van der Waals surface area contributed by atoms with Crippen LogP contribution in [0.4, 0.5) is 0 Å². The van der Waals surface area contributed by atoms with E-state index in [2.05, 4.69) is 27.7 Å². The number of hydrogen-bond acceptors (Lipinski definition) is 1. The van der Waals surface area contributed by atoms with Gasteiger partial charge < -0.3 is 4.57 Å². The van der Waals surface area contributed by atoms with Crippen LogP contribution in [0.15, 0.2) is 0 Å². The van der Waals surface area contributed by atoms with Crippen molar-refractivity contribution in [2.45, 2.75) is 41.5 Å². The summed E-state index contributed by atoms with van der Waals surface area (Å²) in [6, 6.07) is 0. The van der Waals surface area contributed by atoms with Crippen molar-refractivity contribution in [3.63, 3.8) is 0 Å². The Morgan fingerprint density at radius 1 is 1.08 bits per heavy atom. The molecule has 0 unspecified atom stereocenters. The third kappa shape index (κ3) is 22.5. The van der Waals surface area contributed by atoms with Gasteiger partial charge in [-0.15, -0.1) is 0 Å². The van der Waals surface area contributed by atoms with E-state index in [1.807, 2.05) is 13.8 Å². The molecule has 2 N–H and O–H groups in total. The van der Waals surface area contributed by atoms with Crippen molar-refractivity contribution in [1.29, 1.82) is 0 Å². The Labute approximate surface area is 77.4 Å². The average molecular weight is 193 g/mol. The highest BCUT2D eigenvalue weighted by atomic mass is 31.2. The van der Waals surface area contributed by atoms with Crippen LogP contribution >= 0.6 is 7.29 Å². The second kappa shape index (κ2) is 5.77. The van der Waals surface area contributed by atoms with Crippen LogP contribution in [-0.4, -0.2) is 12.3 Å². The van der Waals surface area contributed by atoms with Gasteiger partial charge in [-0.2, -0.15) is 0 Å². The number of rotatable bonds is 2. The normalized spacial score (nSPS) is 11.9. The first-order valence-electron chi connectivity index (χ1n) is 4.49. The lowest BCUT2D eigenvalue weighted by Gasteiger charge is -2.05. The third-order valence-electron chi connectivity index (χ3n) is 1.07. The monoisotopic (exact) mass is 193 g/mol. The fourth-order valence-corrected chi connectivity index (χ4v) is 0.671. The number of hydrogen-bond donors (Lipinski definition) is 1. The molecule has 0 saturated heterocycles. The predicted octanol–water partition coefficient (Wildman–Crippen LogP) is 3.32. The maximum atomic E-state index is 10.7. The van der Waals surface area contributed by atoms with Crippen molar-refractivity contribution in [3.8, 4) is 0 Å². The van der Waals surface area contributed by atoms with E-state index < -0.39 is 7.29 Å². The van der Waals surface area contributed by atoms with E-state index in [0.717, 1.165) is 0 Å². The van der Waals surface area contributed by atoms with Crippen molar-refractivity contribution < 1.29 is 4.57 Å². The van der Waals surface area contributed by atoms with Gasteiger partial charge in [0.2, 0.25) is 0 Å². The zero-order chi connectivity index (χ0) is 10.4. The zero-order valence-corrected chi connectivity index (χ0v) is 10.2. The fourth-order valence-electron chi connectivity index (χ4n) is 0.224. The quantitative estimate of drug-likeness (QED) is 0.683. The molecule has 0 saturated carbocycles. The molecule has 0 bridgehead atoms. The van der Waals surface area contributed by atoms with E-state index in [1.165, 1.54) is 0 Å². The highest BCUT2D eigenvalue weighted by molar-refractivity contribution is 7.61. The fraction of sp³-hybridized carbons (Fsp3) is 1.00. The van der Waals surface area contributed by atoms with Crippen LogP contribution in [0.3, 0.4) is 0 Å². The van der Waals surface area contributed by atoms with E-state index in [1.54, 1.807) is 0 Å². The van der Waals surface area contributed by atoms with E-state index in [0.29, 0.717) is 17.7 Å². The van der Waals surface area contributed by atoms with E-state index in [-0.39, 0.29) is 0 Å². The van der Waals surface area contributed by atoms with Crippen molar-refractivity contribution in [2.24, 2.45) is 10.9 Å². The highest BCUT2D eigenvalue weighted by Crippen LogP contribution is 2.33. The Kier molecular flexibility index (Phi) is 7.07. The van der Waals surface area contributed by atoms with Gasteiger partial charge in [-0.3, -0.25) is 5.50 Å². The van der Waals surface area contributed by atoms with Crippen molar-refractivity contribution in [2.75, 3.05) is 12.3 Å². The summed E-state index contributed by atoms with van der Waals surface area (Å²) in [5, 5.41) is 0. The van der Waals surface area contributed by atoms with E-state index in [4.69, 9.17) is 5.50 Å². The maximum absolute atomic E-state index is 10.7. The first kappa shape index (κ1) is 14.7. The predicted molar refractivity (Wildman–Crippen MR) is 58.0 cm³/mol. The van der Waals surface area contributed by atoms with Crippen molar-refractivity contribution in [1.82, 2.24) is 0 Å². The first-order chi connectivity index (χ1) is 5.12. The summed E-state index contributed by atoms with van der Waals surface area (Å²) in [5.74, 6) is 0. The molecule has 0 aliphatic carbocycles. The van der Waals surface area contributed by atoms with Gasteiger partial charge in [-0.1, -0.05) is 41.5 Å². The molecule has 0 heterocycles. The molecule has 2 nitrogen and oxygen atoms in total. The first-order valence-corrected chi connectivity index (χ1v) is 6.63. The smallest absolute Gasteiger partial charge is 0.144 e. The van der Waals surface area contributed by atoms with Crippen LogP contribution in [0.25, 0.3) is 0 Å². The van der Waals surface area contributed by atoms with E-state index >= 15 is 0 Å². The summed E-state index contributed by atoms with van der Waals surface area (Å²) >= 11 is 0. The van der Waals surface area contributed by atoms with Crippen LogP contribution in [-0.2, 0) is 4.57 Å². The minimum Gasteiger partial charge on any atom is -0.307 e. The molecule has 0 aromatic carbocycles. The lowest BCUT2D eigenvalue weighted by molar-refractivity contribution is 0.469. The van der Waals surface area contributed by atoms with Crippen LogP contribution in [0.2, 0.25) is 0 Å². The second-order valence-electron chi connectivity index (χ2n) is 4.58. The van der Waals surface area contributed by atoms with Gasteiger partial charge in [0.25, 0.3) is 0 Å². The molecule has 0 atom stereocenters. The molecular formula is C9H24NOP. The summed E-state index contributed by atoms with van der Waals surface area (Å²) in [5.41, 5.74) is 5.77. The molecule has 0 aromatic rings. The maximum Gasteiger partial charge on any atom is 0.144 e. The minimum absolute atomic E-state index is 0.500. The summed E-state index contributed by atoms with van der Waals surface area (Å²) in [6.45, 7) is 12.5. The molecule has 0 fully saturated rings. The van der Waals surface area contributed by atoms with Gasteiger partial charge in [0, 0.05) is 12.3 Å². The molecule has 12 heavy (non-hydrogen) atoms. The van der Waals surface area contributed by atoms with Crippen LogP contribution < -0.4 is 5.50 Å². The molecule has 0 aliphatic heterocycles. The van der Waals surface area contributed by atoms with Gasteiger partial charge in [0.05, 0.1) is 0 Å². The minimum atomic E-state index is -2.15. The SMILES string of the molecule is CC(C)(C)C.CCP(N)(=O)CC. The van der Waals surface area contributed by atoms with Gasteiger partial charge in [0.15, 0.2) is 0 Å². The third-order valence-corrected chi connectivity index (χ3v) is 3.21. The zero-order valence-electron chi connectivity index (χ0n) is 9.35. The summed E-state index contributed by atoms with van der Waals surface area (Å²) in [7, 11) is -2.15. The molecule has 0 aromatic heterocycles. The lowest BCUT2D eigenvalue weighted by atomic mass is 10.0. The average Bonchev–Trinajstić information content (AvgIpc) is 1.85. The Balaban J connectivity index is 0. The molecular weight excluding hydrogens is 169 g/mol. The van der Waals surface area contributed by atoms with Gasteiger partial charge >= 0.3 is 0 Å². The standard InChI is InChI=1S/C5H12.C4H12NOP/c1-5(2,3)4;1-3-7(5,6)4-2/h1-4H3;3-4H2,1-2H3,(H2,5,6). The highest BCUT2D eigenvalue weighted by Gasteiger charge is 2.06. The van der Waals surface area contributed by atoms with Gasteiger partial charge in [0.1, 0.15) is 7.29 Å². The van der Waals surface area contributed by atoms with Crippen molar-refractivity contribution in [3.05, 3.63) is 0 Å². The molecule has 76 valence electrons. The molecule has 3 heteroatoms. The molecule has 0 amide bonds. The van der Waals surface area contributed by atoms with Gasteiger partial charge in [-0.25, -0.2) is 0 Å². The Morgan fingerprint density at radius 2 is 1.25 bits per heavy atom. The summed E-state index contributed by atoms with van der Waals surface area (Å²) < 4.78 is 10.7. The summed E-state index contributed by atoms with van der Waals surface area (Å²) in [6.07, 6.45) is 1.26. The van der Waals surface area contributed by atoms with Crippen LogP contribution in [0, 0.1) is 5.41 Å². The van der Waals surface area contributed by atoms with Crippen LogP contribution in [0.5, 0.6) is 0 Å². The lowest BCUT2D eigenvalue weighted by Crippen LogP contribution is -1.98. The summed E-state index contributed by atoms with van der Waals surface area (Å²) in [4.78, 5) is 0. The Bertz CT molecular complexity index is 135. The topological polar surface area (TPSA) is 43.1 Å². The van der Waals surface area contributed by atoms with E-state index in [9.17, 15) is 4.57 Å². The largest absolute Gasteiger partial charge is 0.307 e. The van der Waals surface area contributed by atoms with Crippen molar-refractivity contribution >= 4 is 7.29 Å². The van der Waals surface area contributed by atoms with Crippen LogP contribution in [0.1, 0.15) is 41.5 Å². The molecule has 0 aliphatic rings. The second-order valence-corrected chi connectivity index (χ2v) is 7.75.